The molecule has 0 saturated carbocycles. The Hall–Kier alpha value is -4.23. The van der Waals surface area contributed by atoms with Crippen molar-refractivity contribution in [2.45, 2.75) is 0 Å². The number of carbonyl (C=O) groups excluding carboxylic acids is 3. The maximum atomic E-state index is 12.7. The minimum Gasteiger partial charge on any atom is -0.493 e. The Bertz CT molecular complexity index is 1480. The van der Waals surface area contributed by atoms with Crippen molar-refractivity contribution in [1.82, 2.24) is 0 Å². The van der Waals surface area contributed by atoms with Crippen LogP contribution in [0.3, 0.4) is 0 Å². The number of amides is 2. The van der Waals surface area contributed by atoms with Crippen LogP contribution >= 0.6 is 34.8 Å². The lowest BCUT2D eigenvalue weighted by molar-refractivity contribution is -0.118. The second-order valence-electron chi connectivity index (χ2n) is 7.69. The van der Waals surface area contributed by atoms with Crippen molar-refractivity contribution in [2.24, 2.45) is 0 Å². The molecule has 3 aromatic carbocycles. The number of hydrogen-bond donors (Lipinski definition) is 2. The lowest BCUT2D eigenvalue weighted by Gasteiger charge is -2.14. The molecule has 0 saturated heterocycles. The molecule has 9 nitrogen and oxygen atoms in total. The van der Waals surface area contributed by atoms with E-state index in [9.17, 15) is 19.6 Å². The number of benzene rings is 3. The number of rotatable bonds is 9. The fourth-order valence-electron chi connectivity index (χ4n) is 3.19. The monoisotopic (exact) mass is 587 g/mol. The predicted molar refractivity (Wildman–Crippen MR) is 149 cm³/mol. The van der Waals surface area contributed by atoms with Gasteiger partial charge in [0, 0.05) is 11.4 Å². The Labute approximate surface area is 238 Å². The molecule has 0 fully saturated rings. The van der Waals surface area contributed by atoms with Crippen molar-refractivity contribution in [3.63, 3.8) is 0 Å². The smallest absolute Gasteiger partial charge is 0.337 e. The van der Waals surface area contributed by atoms with Gasteiger partial charge in [0.1, 0.15) is 11.6 Å². The van der Waals surface area contributed by atoms with Crippen molar-refractivity contribution in [2.75, 3.05) is 31.5 Å². The molecule has 3 aromatic rings. The SMILES string of the molecule is COC(=O)c1ccc(NC(=O)/C(C#N)=C\c2cc(Cl)c(OCC(=O)Nc3ccc(Cl)c(Cl)c3)c(OC)c2)cc1. The minimum absolute atomic E-state index is 0.0824. The summed E-state index contributed by atoms with van der Waals surface area (Å²) >= 11 is 18.2. The molecule has 0 unspecified atom stereocenters. The number of nitriles is 1. The third kappa shape index (κ3) is 7.88. The highest BCUT2D eigenvalue weighted by molar-refractivity contribution is 6.42. The van der Waals surface area contributed by atoms with Crippen molar-refractivity contribution >= 4 is 70.0 Å². The number of methoxy groups -OCH3 is 2. The van der Waals surface area contributed by atoms with Crippen molar-refractivity contribution in [1.29, 1.82) is 5.26 Å². The van der Waals surface area contributed by atoms with Crippen molar-refractivity contribution in [3.05, 3.63) is 86.4 Å². The van der Waals surface area contributed by atoms with Gasteiger partial charge >= 0.3 is 5.97 Å². The number of halogens is 3. The van der Waals surface area contributed by atoms with Crippen LogP contribution in [0.4, 0.5) is 11.4 Å². The summed E-state index contributed by atoms with van der Waals surface area (Å²) in [6.45, 7) is -0.397. The quantitative estimate of drug-likeness (QED) is 0.178. The molecule has 0 radical (unpaired) electrons. The summed E-state index contributed by atoms with van der Waals surface area (Å²) in [5.41, 5.74) is 1.25. The molecule has 2 amide bonds. The Morgan fingerprint density at radius 3 is 2.21 bits per heavy atom. The zero-order valence-corrected chi connectivity index (χ0v) is 22.8. The third-order valence-corrected chi connectivity index (χ3v) is 6.06. The van der Waals surface area contributed by atoms with E-state index < -0.39 is 24.4 Å². The summed E-state index contributed by atoms with van der Waals surface area (Å²) in [4.78, 5) is 36.5. The van der Waals surface area contributed by atoms with Gasteiger partial charge in [-0.1, -0.05) is 34.8 Å². The first kappa shape index (κ1) is 29.3. The fourth-order valence-corrected chi connectivity index (χ4v) is 3.76. The minimum atomic E-state index is -0.683. The molecule has 0 bridgehead atoms. The molecule has 39 heavy (non-hydrogen) atoms. The molecule has 3 rings (SSSR count). The molecule has 12 heteroatoms. The van der Waals surface area contributed by atoms with Gasteiger partial charge in [-0.3, -0.25) is 9.59 Å². The first-order valence-corrected chi connectivity index (χ1v) is 12.1. The van der Waals surface area contributed by atoms with E-state index in [1.165, 1.54) is 62.8 Å². The topological polar surface area (TPSA) is 127 Å². The fraction of sp³-hybridized carbons (Fsp3) is 0.111. The molecular weight excluding hydrogens is 569 g/mol. The summed E-state index contributed by atoms with van der Waals surface area (Å²) in [6.07, 6.45) is 1.31. The van der Waals surface area contributed by atoms with E-state index in [-0.39, 0.29) is 27.1 Å². The summed E-state index contributed by atoms with van der Waals surface area (Å²) in [7, 11) is 2.63. The highest BCUT2D eigenvalue weighted by Gasteiger charge is 2.16. The molecule has 2 N–H and O–H groups in total. The van der Waals surface area contributed by atoms with E-state index >= 15 is 0 Å². The number of nitrogens with zero attached hydrogens (tertiary/aromatic N) is 1. The van der Waals surface area contributed by atoms with E-state index in [0.29, 0.717) is 27.5 Å². The number of ether oxygens (including phenoxy) is 3. The molecule has 0 aromatic heterocycles. The highest BCUT2D eigenvalue weighted by Crippen LogP contribution is 2.37. The van der Waals surface area contributed by atoms with Crippen LogP contribution < -0.4 is 20.1 Å². The van der Waals surface area contributed by atoms with Gasteiger partial charge in [-0.25, -0.2) is 4.79 Å². The van der Waals surface area contributed by atoms with Gasteiger partial charge in [0.25, 0.3) is 11.8 Å². The van der Waals surface area contributed by atoms with Crippen LogP contribution in [-0.4, -0.2) is 38.6 Å². The maximum absolute atomic E-state index is 12.7. The van der Waals surface area contributed by atoms with Crippen molar-refractivity contribution in [3.8, 4) is 17.6 Å². The summed E-state index contributed by atoms with van der Waals surface area (Å²) in [5, 5.41) is 15.5. The number of carbonyl (C=O) groups is 3. The first-order chi connectivity index (χ1) is 18.6. The number of esters is 1. The molecule has 0 aliphatic carbocycles. The molecule has 200 valence electrons. The largest absolute Gasteiger partial charge is 0.493 e. The normalized spacial score (nSPS) is 10.7. The van der Waals surface area contributed by atoms with E-state index in [4.69, 9.17) is 44.3 Å². The van der Waals surface area contributed by atoms with E-state index in [0.717, 1.165) is 0 Å². The Morgan fingerprint density at radius 1 is 0.897 bits per heavy atom. The van der Waals surface area contributed by atoms with Gasteiger partial charge in [0.2, 0.25) is 0 Å². The van der Waals surface area contributed by atoms with Crippen LogP contribution in [0.2, 0.25) is 15.1 Å². The Morgan fingerprint density at radius 2 is 1.59 bits per heavy atom. The zero-order valence-electron chi connectivity index (χ0n) is 20.5. The third-order valence-electron chi connectivity index (χ3n) is 5.04. The second-order valence-corrected chi connectivity index (χ2v) is 8.91. The summed E-state index contributed by atoms with van der Waals surface area (Å²) in [5.74, 6) is -1.42. The van der Waals surface area contributed by atoms with Gasteiger partial charge in [-0.15, -0.1) is 0 Å². The Kier molecular flexibility index (Phi) is 10.2. The molecule has 0 heterocycles. The maximum Gasteiger partial charge on any atom is 0.337 e. The summed E-state index contributed by atoms with van der Waals surface area (Å²) < 4.78 is 15.5. The predicted octanol–water partition coefficient (Wildman–Crippen LogP) is 6.01. The van der Waals surface area contributed by atoms with Gasteiger partial charge in [-0.05, 0) is 66.2 Å². The average molecular weight is 589 g/mol. The van der Waals surface area contributed by atoms with Gasteiger partial charge in [0.15, 0.2) is 18.1 Å². The van der Waals surface area contributed by atoms with Crippen LogP contribution in [0.1, 0.15) is 15.9 Å². The van der Waals surface area contributed by atoms with Crippen LogP contribution in [0.15, 0.2) is 60.2 Å². The molecule has 0 aliphatic rings. The second kappa shape index (κ2) is 13.5. The zero-order chi connectivity index (χ0) is 28.5. The number of anilines is 2. The summed E-state index contributed by atoms with van der Waals surface area (Å²) in [6, 6.07) is 15.4. The average Bonchev–Trinajstić information content (AvgIpc) is 2.92. The van der Waals surface area contributed by atoms with Crippen LogP contribution in [0.25, 0.3) is 6.08 Å². The molecule has 0 aliphatic heterocycles. The van der Waals surface area contributed by atoms with E-state index in [2.05, 4.69) is 15.4 Å². The molecular formula is C27H20Cl3N3O6. The standard InChI is InChI=1S/C27H20Cl3N3O6/c1-37-23-11-15(9-17(13-31)26(35)33-18-5-3-16(4-6-18)27(36)38-2)10-22(30)25(23)39-14-24(34)32-19-7-8-20(28)21(29)12-19/h3-12H,14H2,1-2H3,(H,32,34)(H,33,35)/b17-9-. The Balaban J connectivity index is 1.71. The lowest BCUT2D eigenvalue weighted by Crippen LogP contribution is -2.20. The highest BCUT2D eigenvalue weighted by atomic mass is 35.5. The lowest BCUT2D eigenvalue weighted by atomic mass is 10.1. The van der Waals surface area contributed by atoms with E-state index in [1.807, 2.05) is 6.07 Å². The van der Waals surface area contributed by atoms with Gasteiger partial charge < -0.3 is 24.8 Å². The van der Waals surface area contributed by atoms with Gasteiger partial charge in [0.05, 0.1) is 34.9 Å². The van der Waals surface area contributed by atoms with Crippen LogP contribution in [0.5, 0.6) is 11.5 Å². The van der Waals surface area contributed by atoms with Crippen molar-refractivity contribution < 1.29 is 28.6 Å². The number of hydrogen-bond acceptors (Lipinski definition) is 7. The van der Waals surface area contributed by atoms with E-state index in [1.54, 1.807) is 12.1 Å². The van der Waals surface area contributed by atoms with Crippen LogP contribution in [0, 0.1) is 11.3 Å². The van der Waals surface area contributed by atoms with Gasteiger partial charge in [-0.2, -0.15) is 5.26 Å². The molecule has 0 spiro atoms. The van der Waals surface area contributed by atoms with Crippen LogP contribution in [-0.2, 0) is 14.3 Å². The first-order valence-electron chi connectivity index (χ1n) is 11.0. The molecule has 0 atom stereocenters. The number of nitrogens with one attached hydrogen (secondary N) is 2.